The van der Waals surface area contributed by atoms with Crippen molar-refractivity contribution in [2.24, 2.45) is 5.92 Å². The summed E-state index contributed by atoms with van der Waals surface area (Å²) in [4.78, 5) is 11.1. The van der Waals surface area contributed by atoms with Gasteiger partial charge in [0.05, 0.1) is 11.5 Å². The first-order valence-electron chi connectivity index (χ1n) is 5.24. The monoisotopic (exact) mass is 280 g/mol. The third-order valence-electron chi connectivity index (χ3n) is 2.59. The van der Waals surface area contributed by atoms with Crippen molar-refractivity contribution in [1.29, 1.82) is 0 Å². The third kappa shape index (κ3) is 3.16. The van der Waals surface area contributed by atoms with Crippen LogP contribution in [0.15, 0.2) is 18.2 Å². The Morgan fingerprint density at radius 1 is 1.33 bits per heavy atom. The summed E-state index contributed by atoms with van der Waals surface area (Å²) in [6, 6.07) is 3.16. The molecule has 18 heavy (non-hydrogen) atoms. The molecular formula is C12H12ClF3O2. The van der Waals surface area contributed by atoms with E-state index < -0.39 is 29.5 Å². The molecule has 0 aliphatic rings. The predicted molar refractivity (Wildman–Crippen MR) is 61.7 cm³/mol. The zero-order valence-electron chi connectivity index (χ0n) is 9.75. The van der Waals surface area contributed by atoms with Gasteiger partial charge in [-0.2, -0.15) is 13.2 Å². The van der Waals surface area contributed by atoms with E-state index in [1.165, 1.54) is 6.07 Å². The Morgan fingerprint density at radius 3 is 2.28 bits per heavy atom. The lowest BCUT2D eigenvalue weighted by Crippen LogP contribution is -2.21. The van der Waals surface area contributed by atoms with Crippen molar-refractivity contribution in [2.75, 3.05) is 0 Å². The van der Waals surface area contributed by atoms with Gasteiger partial charge < -0.3 is 5.11 Å². The van der Waals surface area contributed by atoms with Gasteiger partial charge >= 0.3 is 12.1 Å². The van der Waals surface area contributed by atoms with Gasteiger partial charge in [-0.1, -0.05) is 31.5 Å². The molecule has 1 rings (SSSR count). The Labute approximate surface area is 107 Å². The molecule has 1 unspecified atom stereocenters. The van der Waals surface area contributed by atoms with Crippen LogP contribution in [0.5, 0.6) is 0 Å². The van der Waals surface area contributed by atoms with Gasteiger partial charge in [-0.05, 0) is 23.6 Å². The molecule has 1 N–H and O–H groups in total. The summed E-state index contributed by atoms with van der Waals surface area (Å²) in [5.74, 6) is -2.94. The summed E-state index contributed by atoms with van der Waals surface area (Å²) in [7, 11) is 0. The smallest absolute Gasteiger partial charge is 0.416 e. The van der Waals surface area contributed by atoms with E-state index >= 15 is 0 Å². The van der Waals surface area contributed by atoms with Crippen LogP contribution < -0.4 is 0 Å². The van der Waals surface area contributed by atoms with E-state index in [4.69, 9.17) is 16.7 Å². The molecule has 0 radical (unpaired) electrons. The van der Waals surface area contributed by atoms with Gasteiger partial charge in [0.25, 0.3) is 0 Å². The molecule has 0 amide bonds. The Kier molecular flexibility index (Phi) is 4.27. The lowest BCUT2D eigenvalue weighted by molar-refractivity contribution is -0.142. The van der Waals surface area contributed by atoms with Crippen LogP contribution in [0.3, 0.4) is 0 Å². The fourth-order valence-electron chi connectivity index (χ4n) is 1.82. The summed E-state index contributed by atoms with van der Waals surface area (Å²) in [5.41, 5.74) is -1.24. The number of benzene rings is 1. The minimum atomic E-state index is -4.62. The van der Waals surface area contributed by atoms with Crippen LogP contribution >= 0.6 is 11.6 Å². The van der Waals surface area contributed by atoms with Crippen molar-refractivity contribution in [3.05, 3.63) is 34.3 Å². The van der Waals surface area contributed by atoms with E-state index in [0.29, 0.717) is 0 Å². The zero-order valence-corrected chi connectivity index (χ0v) is 10.5. The Hall–Kier alpha value is -1.23. The normalized spacial score (nSPS) is 13.7. The number of carbonyl (C=O) groups is 1. The summed E-state index contributed by atoms with van der Waals surface area (Å²) in [6.45, 7) is 3.13. The van der Waals surface area contributed by atoms with E-state index in [1.54, 1.807) is 13.8 Å². The van der Waals surface area contributed by atoms with Crippen molar-refractivity contribution >= 4 is 17.6 Å². The number of aliphatic carboxylic acids is 1. The second-order valence-electron chi connectivity index (χ2n) is 4.29. The Bertz CT molecular complexity index is 455. The SMILES string of the molecule is CC(C)C(C(=O)O)c1ccc(Cl)cc1C(F)(F)F. The van der Waals surface area contributed by atoms with Crippen molar-refractivity contribution in [3.8, 4) is 0 Å². The summed E-state index contributed by atoms with van der Waals surface area (Å²) >= 11 is 5.54. The van der Waals surface area contributed by atoms with Crippen LogP contribution in [0.2, 0.25) is 5.02 Å². The fourth-order valence-corrected chi connectivity index (χ4v) is 1.99. The van der Waals surface area contributed by atoms with Crippen LogP contribution in [0.4, 0.5) is 13.2 Å². The molecule has 1 atom stereocenters. The fraction of sp³-hybridized carbons (Fsp3) is 0.417. The molecule has 0 spiro atoms. The van der Waals surface area contributed by atoms with E-state index in [2.05, 4.69) is 0 Å². The van der Waals surface area contributed by atoms with Gasteiger partial charge in [-0.15, -0.1) is 0 Å². The number of alkyl halides is 3. The first kappa shape index (κ1) is 14.8. The summed E-state index contributed by atoms with van der Waals surface area (Å²) < 4.78 is 38.6. The third-order valence-corrected chi connectivity index (χ3v) is 2.82. The van der Waals surface area contributed by atoms with Crippen LogP contribution in [-0.4, -0.2) is 11.1 Å². The average Bonchev–Trinajstić information content (AvgIpc) is 2.17. The van der Waals surface area contributed by atoms with E-state index in [0.717, 1.165) is 12.1 Å². The van der Waals surface area contributed by atoms with Crippen LogP contribution in [0.1, 0.15) is 30.9 Å². The second kappa shape index (κ2) is 5.18. The first-order chi connectivity index (χ1) is 8.14. The molecule has 0 saturated heterocycles. The van der Waals surface area contributed by atoms with Crippen molar-refractivity contribution < 1.29 is 23.1 Å². The van der Waals surface area contributed by atoms with E-state index in [1.807, 2.05) is 0 Å². The van der Waals surface area contributed by atoms with Gasteiger partial charge in [-0.3, -0.25) is 4.79 Å². The minimum absolute atomic E-state index is 0.0704. The zero-order chi connectivity index (χ0) is 14.1. The maximum atomic E-state index is 12.9. The first-order valence-corrected chi connectivity index (χ1v) is 5.62. The second-order valence-corrected chi connectivity index (χ2v) is 4.73. The van der Waals surface area contributed by atoms with Gasteiger partial charge in [0, 0.05) is 5.02 Å². The number of hydrogen-bond donors (Lipinski definition) is 1. The molecular weight excluding hydrogens is 269 g/mol. The topological polar surface area (TPSA) is 37.3 Å². The highest BCUT2D eigenvalue weighted by Gasteiger charge is 2.38. The lowest BCUT2D eigenvalue weighted by atomic mass is 9.85. The van der Waals surface area contributed by atoms with Crippen LogP contribution in [0.25, 0.3) is 0 Å². The molecule has 100 valence electrons. The number of carboxylic acids is 1. The molecule has 0 heterocycles. The quantitative estimate of drug-likeness (QED) is 0.902. The molecule has 2 nitrogen and oxygen atoms in total. The number of hydrogen-bond acceptors (Lipinski definition) is 1. The molecule has 0 saturated carbocycles. The van der Waals surface area contributed by atoms with E-state index in [-0.39, 0.29) is 10.6 Å². The van der Waals surface area contributed by atoms with Crippen molar-refractivity contribution in [2.45, 2.75) is 25.9 Å². The number of rotatable bonds is 3. The number of carboxylic acid groups (broad SMARTS) is 1. The van der Waals surface area contributed by atoms with Gasteiger partial charge in [0.2, 0.25) is 0 Å². The maximum absolute atomic E-state index is 12.9. The predicted octanol–water partition coefficient (Wildman–Crippen LogP) is 4.18. The van der Waals surface area contributed by atoms with Gasteiger partial charge in [0.15, 0.2) is 0 Å². The van der Waals surface area contributed by atoms with Crippen LogP contribution in [0, 0.1) is 5.92 Å². The van der Waals surface area contributed by atoms with E-state index in [9.17, 15) is 18.0 Å². The maximum Gasteiger partial charge on any atom is 0.416 e. The molecule has 0 fully saturated rings. The highest BCUT2D eigenvalue weighted by molar-refractivity contribution is 6.30. The van der Waals surface area contributed by atoms with Gasteiger partial charge in [0.1, 0.15) is 0 Å². The molecule has 0 aromatic heterocycles. The molecule has 0 aliphatic heterocycles. The molecule has 6 heteroatoms. The van der Waals surface area contributed by atoms with Crippen molar-refractivity contribution in [1.82, 2.24) is 0 Å². The molecule has 0 bridgehead atoms. The highest BCUT2D eigenvalue weighted by Crippen LogP contribution is 2.39. The van der Waals surface area contributed by atoms with Crippen molar-refractivity contribution in [3.63, 3.8) is 0 Å². The Balaban J connectivity index is 3.43. The highest BCUT2D eigenvalue weighted by atomic mass is 35.5. The molecule has 1 aromatic carbocycles. The lowest BCUT2D eigenvalue weighted by Gasteiger charge is -2.21. The van der Waals surface area contributed by atoms with Crippen LogP contribution in [-0.2, 0) is 11.0 Å². The Morgan fingerprint density at radius 2 is 1.89 bits per heavy atom. The average molecular weight is 281 g/mol. The number of halogens is 4. The summed E-state index contributed by atoms with van der Waals surface area (Å²) in [5, 5.41) is 8.99. The summed E-state index contributed by atoms with van der Waals surface area (Å²) in [6.07, 6.45) is -4.62. The minimum Gasteiger partial charge on any atom is -0.481 e. The standard InChI is InChI=1S/C12H12ClF3O2/c1-6(2)10(11(17)18)8-4-3-7(13)5-9(8)12(14,15)16/h3-6,10H,1-2H3,(H,17,18). The van der Waals surface area contributed by atoms with Gasteiger partial charge in [-0.25, -0.2) is 0 Å². The molecule has 0 aliphatic carbocycles. The molecule has 1 aromatic rings. The largest absolute Gasteiger partial charge is 0.481 e.